The lowest BCUT2D eigenvalue weighted by molar-refractivity contribution is -0.152. The predicted octanol–water partition coefficient (Wildman–Crippen LogP) is 3.12. The average molecular weight is 407 g/mol. The largest absolute Gasteiger partial charge is 0.444 e. The molecule has 162 valence electrons. The number of rotatable bonds is 2. The summed E-state index contributed by atoms with van der Waals surface area (Å²) in [6.45, 7) is 9.61. The second-order valence-corrected chi connectivity index (χ2v) is 8.99. The van der Waals surface area contributed by atoms with Gasteiger partial charge < -0.3 is 14.5 Å². The highest BCUT2D eigenvalue weighted by molar-refractivity contribution is 5.80. The normalized spacial score (nSPS) is 25.7. The van der Waals surface area contributed by atoms with Crippen molar-refractivity contribution in [2.45, 2.75) is 71.3 Å². The molecule has 2 atom stereocenters. The molecule has 2 amide bonds. The van der Waals surface area contributed by atoms with Crippen molar-refractivity contribution in [1.29, 1.82) is 0 Å². The SMILES string of the molecule is C[C@@H]1CN(C(=O)C2CCN(CC(F)(F)F)CC2)[C@@H](C)CN1C(=O)OC(C)(C)C. The molecule has 0 saturated carbocycles. The summed E-state index contributed by atoms with van der Waals surface area (Å²) in [5, 5.41) is 0. The van der Waals surface area contributed by atoms with Gasteiger partial charge >= 0.3 is 12.3 Å². The van der Waals surface area contributed by atoms with Crippen molar-refractivity contribution < 1.29 is 27.5 Å². The van der Waals surface area contributed by atoms with Crippen LogP contribution in [0.5, 0.6) is 0 Å². The van der Waals surface area contributed by atoms with E-state index in [4.69, 9.17) is 4.74 Å². The Morgan fingerprint density at radius 2 is 1.46 bits per heavy atom. The number of alkyl halides is 3. The zero-order valence-electron chi connectivity index (χ0n) is 17.4. The maximum atomic E-state index is 13.0. The van der Waals surface area contributed by atoms with Gasteiger partial charge in [0.05, 0.1) is 6.54 Å². The molecule has 2 saturated heterocycles. The van der Waals surface area contributed by atoms with Gasteiger partial charge in [-0.25, -0.2) is 4.79 Å². The molecule has 2 heterocycles. The number of piperidine rings is 1. The Kier molecular flexibility index (Phi) is 6.89. The Morgan fingerprint density at radius 3 is 1.96 bits per heavy atom. The maximum absolute atomic E-state index is 13.0. The minimum Gasteiger partial charge on any atom is -0.444 e. The first-order chi connectivity index (χ1) is 12.8. The topological polar surface area (TPSA) is 53.1 Å². The highest BCUT2D eigenvalue weighted by Crippen LogP contribution is 2.26. The zero-order valence-corrected chi connectivity index (χ0v) is 17.4. The maximum Gasteiger partial charge on any atom is 0.410 e. The first-order valence-corrected chi connectivity index (χ1v) is 9.86. The lowest BCUT2D eigenvalue weighted by atomic mass is 9.93. The molecule has 0 unspecified atom stereocenters. The second-order valence-electron chi connectivity index (χ2n) is 8.99. The Hall–Kier alpha value is -1.51. The molecule has 28 heavy (non-hydrogen) atoms. The Balaban J connectivity index is 1.91. The van der Waals surface area contributed by atoms with Gasteiger partial charge in [-0.3, -0.25) is 9.69 Å². The highest BCUT2D eigenvalue weighted by atomic mass is 19.4. The molecule has 0 N–H and O–H groups in total. The van der Waals surface area contributed by atoms with Crippen molar-refractivity contribution in [3.8, 4) is 0 Å². The number of piperazine rings is 1. The van der Waals surface area contributed by atoms with Crippen molar-refractivity contribution >= 4 is 12.0 Å². The number of likely N-dealkylation sites (tertiary alicyclic amines) is 1. The van der Waals surface area contributed by atoms with Crippen molar-refractivity contribution in [3.05, 3.63) is 0 Å². The molecule has 0 aromatic rings. The second kappa shape index (κ2) is 8.47. The third-order valence-electron chi connectivity index (χ3n) is 5.24. The zero-order chi connectivity index (χ0) is 21.3. The number of ether oxygens (including phenoxy) is 1. The minimum absolute atomic E-state index is 0.0187. The third-order valence-corrected chi connectivity index (χ3v) is 5.24. The van der Waals surface area contributed by atoms with Crippen LogP contribution in [-0.2, 0) is 9.53 Å². The summed E-state index contributed by atoms with van der Waals surface area (Å²) in [6.07, 6.45) is -3.73. The van der Waals surface area contributed by atoms with Crippen LogP contribution in [0.1, 0.15) is 47.5 Å². The number of amides is 2. The van der Waals surface area contributed by atoms with Gasteiger partial charge in [-0.15, -0.1) is 0 Å². The molecule has 2 fully saturated rings. The van der Waals surface area contributed by atoms with E-state index in [2.05, 4.69) is 0 Å². The van der Waals surface area contributed by atoms with Crippen LogP contribution in [0.15, 0.2) is 0 Å². The summed E-state index contributed by atoms with van der Waals surface area (Å²) in [5.74, 6) is -0.276. The average Bonchev–Trinajstić information content (AvgIpc) is 2.53. The van der Waals surface area contributed by atoms with E-state index >= 15 is 0 Å². The molecule has 0 spiro atoms. The molecule has 2 aliphatic heterocycles. The minimum atomic E-state index is -4.21. The number of hydrogen-bond donors (Lipinski definition) is 0. The lowest BCUT2D eigenvalue weighted by Crippen LogP contribution is -2.61. The number of nitrogens with zero attached hydrogens (tertiary/aromatic N) is 3. The van der Waals surface area contributed by atoms with Gasteiger partial charge in [-0.05, 0) is 60.5 Å². The molecule has 0 aliphatic carbocycles. The van der Waals surface area contributed by atoms with Crippen molar-refractivity contribution in [2.75, 3.05) is 32.7 Å². The van der Waals surface area contributed by atoms with Gasteiger partial charge in [0.2, 0.25) is 5.91 Å². The van der Waals surface area contributed by atoms with Crippen LogP contribution < -0.4 is 0 Å². The molecule has 0 bridgehead atoms. The number of carbonyl (C=O) groups excluding carboxylic acids is 2. The van der Waals surface area contributed by atoms with Crippen LogP contribution in [0, 0.1) is 5.92 Å². The smallest absolute Gasteiger partial charge is 0.410 e. The predicted molar refractivity (Wildman–Crippen MR) is 98.8 cm³/mol. The van der Waals surface area contributed by atoms with E-state index < -0.39 is 18.3 Å². The standard InChI is InChI=1S/C19H32F3N3O3/c1-13-11-25(17(27)28-18(3,4)5)14(2)10-24(13)16(26)15-6-8-23(9-7-15)12-19(20,21)22/h13-15H,6-12H2,1-5H3/t13-,14+/m0/s1. The number of halogens is 3. The van der Waals surface area contributed by atoms with Crippen molar-refractivity contribution in [3.63, 3.8) is 0 Å². The van der Waals surface area contributed by atoms with Gasteiger partial charge in [0, 0.05) is 31.1 Å². The molecule has 0 radical (unpaired) electrons. The fourth-order valence-electron chi connectivity index (χ4n) is 3.83. The van der Waals surface area contributed by atoms with E-state index in [0.29, 0.717) is 25.9 Å². The van der Waals surface area contributed by atoms with Crippen molar-refractivity contribution in [2.24, 2.45) is 5.92 Å². The molecule has 6 nitrogen and oxygen atoms in total. The monoisotopic (exact) mass is 407 g/mol. The number of hydrogen-bond acceptors (Lipinski definition) is 4. The van der Waals surface area contributed by atoms with E-state index in [1.807, 2.05) is 34.6 Å². The van der Waals surface area contributed by atoms with E-state index in [1.165, 1.54) is 4.90 Å². The van der Waals surface area contributed by atoms with Crippen LogP contribution >= 0.6 is 0 Å². The van der Waals surface area contributed by atoms with Crippen LogP contribution in [0.25, 0.3) is 0 Å². The lowest BCUT2D eigenvalue weighted by Gasteiger charge is -2.45. The summed E-state index contributed by atoms with van der Waals surface area (Å²) >= 11 is 0. The molecular weight excluding hydrogens is 375 g/mol. The fraction of sp³-hybridized carbons (Fsp3) is 0.895. The summed E-state index contributed by atoms with van der Waals surface area (Å²) in [7, 11) is 0. The Morgan fingerprint density at radius 1 is 0.964 bits per heavy atom. The van der Waals surface area contributed by atoms with Crippen LogP contribution in [0.2, 0.25) is 0 Å². The molecule has 0 aromatic carbocycles. The molecule has 9 heteroatoms. The first kappa shape index (κ1) is 22.8. The van der Waals surface area contributed by atoms with E-state index in [9.17, 15) is 22.8 Å². The summed E-state index contributed by atoms with van der Waals surface area (Å²) in [4.78, 5) is 30.1. The summed E-state index contributed by atoms with van der Waals surface area (Å²) in [6, 6.07) is -0.343. The Bertz CT molecular complexity index is 569. The van der Waals surface area contributed by atoms with E-state index in [-0.39, 0.29) is 43.1 Å². The summed E-state index contributed by atoms with van der Waals surface area (Å²) in [5.41, 5.74) is -0.586. The van der Waals surface area contributed by atoms with Crippen molar-refractivity contribution in [1.82, 2.24) is 14.7 Å². The van der Waals surface area contributed by atoms with E-state index in [0.717, 1.165) is 0 Å². The molecule has 2 aliphatic rings. The molecule has 2 rings (SSSR count). The van der Waals surface area contributed by atoms with Gasteiger partial charge in [-0.1, -0.05) is 0 Å². The molecular formula is C19H32F3N3O3. The van der Waals surface area contributed by atoms with Crippen LogP contribution in [0.3, 0.4) is 0 Å². The quantitative estimate of drug-likeness (QED) is 0.706. The van der Waals surface area contributed by atoms with Crippen LogP contribution in [0.4, 0.5) is 18.0 Å². The fourth-order valence-corrected chi connectivity index (χ4v) is 3.83. The first-order valence-electron chi connectivity index (χ1n) is 9.86. The van der Waals surface area contributed by atoms with Gasteiger partial charge in [-0.2, -0.15) is 13.2 Å². The van der Waals surface area contributed by atoms with Gasteiger partial charge in [0.25, 0.3) is 0 Å². The Labute approximate surface area is 165 Å². The van der Waals surface area contributed by atoms with Gasteiger partial charge in [0.1, 0.15) is 5.60 Å². The third kappa shape index (κ3) is 6.25. The summed E-state index contributed by atoms with van der Waals surface area (Å²) < 4.78 is 43.0. The highest BCUT2D eigenvalue weighted by Gasteiger charge is 2.40. The van der Waals surface area contributed by atoms with Gasteiger partial charge in [0.15, 0.2) is 0 Å². The number of carbonyl (C=O) groups is 2. The van der Waals surface area contributed by atoms with E-state index in [1.54, 1.807) is 9.80 Å². The molecule has 0 aromatic heterocycles. The van der Waals surface area contributed by atoms with Crippen LogP contribution in [-0.4, -0.2) is 83.3 Å².